The number of piperidine rings is 1. The molecule has 40 heavy (non-hydrogen) atoms. The number of rotatable bonds is 7. The van der Waals surface area contributed by atoms with Crippen LogP contribution in [-0.4, -0.2) is 50.0 Å². The summed E-state index contributed by atoms with van der Waals surface area (Å²) in [7, 11) is 0. The summed E-state index contributed by atoms with van der Waals surface area (Å²) >= 11 is 0. The molecule has 208 valence electrons. The van der Waals surface area contributed by atoms with Crippen LogP contribution in [0.1, 0.15) is 65.3 Å². The maximum absolute atomic E-state index is 13.7. The summed E-state index contributed by atoms with van der Waals surface area (Å²) in [6.07, 6.45) is 1.83. The van der Waals surface area contributed by atoms with Crippen molar-refractivity contribution in [2.24, 2.45) is 5.92 Å². The Balaban J connectivity index is 1.07. The second kappa shape index (κ2) is 10.1. The number of hydrogen-bond donors (Lipinski definition) is 2. The lowest BCUT2D eigenvalue weighted by Crippen LogP contribution is -2.52. The number of fused-ring (bicyclic) bond motifs is 1. The van der Waals surface area contributed by atoms with Gasteiger partial charge in [0.2, 0.25) is 11.8 Å². The predicted octanol–water partition coefficient (Wildman–Crippen LogP) is 4.15. The largest absolute Gasteiger partial charge is 0.385 e. The predicted molar refractivity (Wildman–Crippen MR) is 138 cm³/mol. The summed E-state index contributed by atoms with van der Waals surface area (Å²) in [5.41, 5.74) is 2.84. The number of halogens is 3. The number of hydrogen-bond acceptors (Lipinski definition) is 6. The number of carbonyl (C=O) groups is 3. The van der Waals surface area contributed by atoms with Crippen LogP contribution < -0.4 is 10.6 Å². The van der Waals surface area contributed by atoms with E-state index in [0.29, 0.717) is 42.2 Å². The van der Waals surface area contributed by atoms with Crippen molar-refractivity contribution >= 4 is 23.4 Å². The SMILES string of the molecule is Cc1cc(F)cnc1-c1cn([C@H]2C[C@H](CNc3ccc4c(c3)CN(C3CCC(=O)NC3=O)C4=O)C2)nc1C(F)F. The monoisotopic (exact) mass is 552 g/mol. The molecule has 6 rings (SSSR count). The molecule has 12 heteroatoms. The smallest absolute Gasteiger partial charge is 0.282 e. The Bertz CT molecular complexity index is 1520. The van der Waals surface area contributed by atoms with Crippen LogP contribution in [0.25, 0.3) is 11.3 Å². The lowest BCUT2D eigenvalue weighted by atomic mass is 9.80. The van der Waals surface area contributed by atoms with E-state index in [2.05, 4.69) is 20.7 Å². The lowest BCUT2D eigenvalue weighted by Gasteiger charge is -2.35. The van der Waals surface area contributed by atoms with Gasteiger partial charge in [0.25, 0.3) is 12.3 Å². The fourth-order valence-corrected chi connectivity index (χ4v) is 5.79. The van der Waals surface area contributed by atoms with Crippen molar-refractivity contribution in [1.82, 2.24) is 25.0 Å². The number of anilines is 1. The van der Waals surface area contributed by atoms with Crippen LogP contribution >= 0.6 is 0 Å². The second-order valence-corrected chi connectivity index (χ2v) is 10.7. The van der Waals surface area contributed by atoms with Crippen LogP contribution in [0, 0.1) is 18.7 Å². The number of aryl methyl sites for hydroxylation is 1. The number of imide groups is 1. The fraction of sp³-hybridized carbons (Fsp3) is 0.393. The fourth-order valence-electron chi connectivity index (χ4n) is 5.79. The van der Waals surface area contributed by atoms with Gasteiger partial charge in [0.05, 0.1) is 17.9 Å². The number of nitrogens with one attached hydrogen (secondary N) is 2. The van der Waals surface area contributed by atoms with Crippen LogP contribution in [0.4, 0.5) is 18.9 Å². The molecule has 2 aliphatic heterocycles. The topological polar surface area (TPSA) is 109 Å². The third kappa shape index (κ3) is 4.71. The zero-order chi connectivity index (χ0) is 28.1. The molecule has 0 bridgehead atoms. The van der Waals surface area contributed by atoms with Gasteiger partial charge in [-0.25, -0.2) is 13.2 Å². The van der Waals surface area contributed by atoms with Gasteiger partial charge >= 0.3 is 0 Å². The van der Waals surface area contributed by atoms with Crippen LogP contribution in [-0.2, 0) is 16.1 Å². The Hall–Kier alpha value is -4.22. The van der Waals surface area contributed by atoms with E-state index in [4.69, 9.17) is 0 Å². The average molecular weight is 553 g/mol. The second-order valence-electron chi connectivity index (χ2n) is 10.7. The van der Waals surface area contributed by atoms with E-state index < -0.39 is 24.2 Å². The summed E-state index contributed by atoms with van der Waals surface area (Å²) in [6, 6.07) is 6.06. The minimum Gasteiger partial charge on any atom is -0.385 e. The van der Waals surface area contributed by atoms with Crippen molar-refractivity contribution in [2.75, 3.05) is 11.9 Å². The van der Waals surface area contributed by atoms with E-state index >= 15 is 0 Å². The normalized spacial score (nSPS) is 22.4. The standard InChI is InChI=1S/C28H27F3N6O3/c1-14-6-17(29)11-33-24(14)21-13-37(35-25(21)26(30)31)19-7-15(8-19)10-32-18-2-3-20-16(9-18)12-36(28(20)40)22-4-5-23(38)34-27(22)39/h2-3,6,9,11,13,15,19,22,26,32H,4-5,7-8,10,12H2,1H3,(H,34,38,39)/t15-,19-,22?. The first-order valence-corrected chi connectivity index (χ1v) is 13.2. The molecule has 1 saturated heterocycles. The first-order valence-electron chi connectivity index (χ1n) is 13.2. The summed E-state index contributed by atoms with van der Waals surface area (Å²) in [4.78, 5) is 42.1. The minimum atomic E-state index is -2.78. The Morgan fingerprint density at radius 2 is 1.95 bits per heavy atom. The number of carbonyl (C=O) groups excluding carboxylic acids is 3. The van der Waals surface area contributed by atoms with E-state index in [0.717, 1.165) is 30.3 Å². The number of amides is 3. The van der Waals surface area contributed by atoms with E-state index in [1.807, 2.05) is 12.1 Å². The van der Waals surface area contributed by atoms with Gasteiger partial charge in [0.15, 0.2) is 0 Å². The van der Waals surface area contributed by atoms with E-state index in [9.17, 15) is 27.6 Å². The molecule has 2 N–H and O–H groups in total. The van der Waals surface area contributed by atoms with Gasteiger partial charge in [-0.1, -0.05) is 0 Å². The van der Waals surface area contributed by atoms with E-state index in [1.165, 1.54) is 11.0 Å². The van der Waals surface area contributed by atoms with Gasteiger partial charge in [-0.3, -0.25) is 29.4 Å². The Morgan fingerprint density at radius 3 is 2.67 bits per heavy atom. The molecule has 0 spiro atoms. The summed E-state index contributed by atoms with van der Waals surface area (Å²) in [5, 5.41) is 9.86. The minimum absolute atomic E-state index is 0.0291. The highest BCUT2D eigenvalue weighted by Gasteiger charge is 2.39. The average Bonchev–Trinajstić information content (AvgIpc) is 3.45. The zero-order valence-corrected chi connectivity index (χ0v) is 21.7. The maximum atomic E-state index is 13.7. The summed E-state index contributed by atoms with van der Waals surface area (Å²) < 4.78 is 42.5. The molecule has 1 aromatic carbocycles. The molecule has 1 atom stereocenters. The lowest BCUT2D eigenvalue weighted by molar-refractivity contribution is -0.136. The molecule has 0 radical (unpaired) electrons. The molecule has 3 aromatic rings. The van der Waals surface area contributed by atoms with Crippen molar-refractivity contribution in [3.8, 4) is 11.3 Å². The van der Waals surface area contributed by atoms with Crippen molar-refractivity contribution in [3.63, 3.8) is 0 Å². The van der Waals surface area contributed by atoms with Gasteiger partial charge in [-0.05, 0) is 67.5 Å². The molecule has 2 fully saturated rings. The highest BCUT2D eigenvalue weighted by atomic mass is 19.3. The molecular weight excluding hydrogens is 525 g/mol. The van der Waals surface area contributed by atoms with Crippen molar-refractivity contribution in [1.29, 1.82) is 0 Å². The quantitative estimate of drug-likeness (QED) is 0.427. The van der Waals surface area contributed by atoms with Crippen LogP contribution in [0.3, 0.4) is 0 Å². The van der Waals surface area contributed by atoms with Crippen LogP contribution in [0.15, 0.2) is 36.7 Å². The molecule has 2 aromatic heterocycles. The van der Waals surface area contributed by atoms with Crippen molar-refractivity contribution in [2.45, 2.75) is 57.7 Å². The molecule has 1 aliphatic carbocycles. The van der Waals surface area contributed by atoms with Crippen LogP contribution in [0.2, 0.25) is 0 Å². The zero-order valence-electron chi connectivity index (χ0n) is 21.7. The number of aromatic nitrogens is 3. The van der Waals surface area contributed by atoms with Crippen molar-refractivity contribution < 1.29 is 27.6 Å². The molecule has 1 unspecified atom stereocenters. The number of nitrogens with zero attached hydrogens (tertiary/aromatic N) is 4. The van der Waals surface area contributed by atoms with E-state index in [-0.39, 0.29) is 35.5 Å². The van der Waals surface area contributed by atoms with Gasteiger partial charge < -0.3 is 10.2 Å². The maximum Gasteiger partial charge on any atom is 0.282 e. The number of alkyl halides is 2. The summed E-state index contributed by atoms with van der Waals surface area (Å²) in [5.74, 6) is -1.20. The van der Waals surface area contributed by atoms with Gasteiger partial charge in [0.1, 0.15) is 17.6 Å². The first kappa shape index (κ1) is 26.0. The number of benzene rings is 1. The highest BCUT2D eigenvalue weighted by molar-refractivity contribution is 6.05. The third-order valence-corrected chi connectivity index (χ3v) is 7.97. The first-order chi connectivity index (χ1) is 19.2. The molecule has 4 heterocycles. The summed E-state index contributed by atoms with van der Waals surface area (Å²) in [6.45, 7) is 2.59. The van der Waals surface area contributed by atoms with Crippen molar-refractivity contribution in [3.05, 3.63) is 64.9 Å². The third-order valence-electron chi connectivity index (χ3n) is 7.97. The van der Waals surface area contributed by atoms with Gasteiger partial charge in [0, 0.05) is 42.5 Å². The highest BCUT2D eigenvalue weighted by Crippen LogP contribution is 2.40. The Kier molecular flexibility index (Phi) is 6.55. The Labute approximate surface area is 227 Å². The van der Waals surface area contributed by atoms with Crippen LogP contribution in [0.5, 0.6) is 0 Å². The molecule has 3 amide bonds. The molecule has 3 aliphatic rings. The molecule has 9 nitrogen and oxygen atoms in total. The van der Waals surface area contributed by atoms with Gasteiger partial charge in [-0.15, -0.1) is 0 Å². The molecular formula is C28H27F3N6O3. The van der Waals surface area contributed by atoms with Gasteiger partial charge in [-0.2, -0.15) is 5.10 Å². The van der Waals surface area contributed by atoms with E-state index in [1.54, 1.807) is 23.9 Å². The number of pyridine rings is 1. The molecule has 1 saturated carbocycles. The Morgan fingerprint density at radius 1 is 1.15 bits per heavy atom.